The van der Waals surface area contributed by atoms with Crippen LogP contribution < -0.4 is 9.47 Å². The summed E-state index contributed by atoms with van der Waals surface area (Å²) in [5.41, 5.74) is 0.418. The zero-order valence-electron chi connectivity index (χ0n) is 11.3. The van der Waals surface area contributed by atoms with Gasteiger partial charge in [0.05, 0.1) is 20.3 Å². The summed E-state index contributed by atoms with van der Waals surface area (Å²) in [6, 6.07) is 5.24. The number of carbonyl (C=O) groups is 1. The predicted octanol–water partition coefficient (Wildman–Crippen LogP) is 1.30. The van der Waals surface area contributed by atoms with Crippen molar-refractivity contribution >= 4 is 5.91 Å². The molecule has 1 saturated heterocycles. The summed E-state index contributed by atoms with van der Waals surface area (Å²) in [5.74, 6) is 0.821. The van der Waals surface area contributed by atoms with Gasteiger partial charge in [-0.15, -0.1) is 0 Å². The van der Waals surface area contributed by atoms with Crippen molar-refractivity contribution in [2.75, 3.05) is 27.3 Å². The summed E-state index contributed by atoms with van der Waals surface area (Å²) >= 11 is 0. The Morgan fingerprint density at radius 1 is 1.32 bits per heavy atom. The van der Waals surface area contributed by atoms with Crippen LogP contribution in [-0.4, -0.2) is 49.3 Å². The Morgan fingerprint density at radius 2 is 1.95 bits per heavy atom. The quantitative estimate of drug-likeness (QED) is 0.895. The molecule has 0 aliphatic carbocycles. The van der Waals surface area contributed by atoms with Crippen LogP contribution >= 0.6 is 0 Å². The maximum Gasteiger partial charge on any atom is 0.261 e. The molecule has 1 atom stereocenters. The van der Waals surface area contributed by atoms with Crippen molar-refractivity contribution < 1.29 is 19.4 Å². The molecule has 0 radical (unpaired) electrons. The lowest BCUT2D eigenvalue weighted by Gasteiger charge is -2.30. The van der Waals surface area contributed by atoms with E-state index in [9.17, 15) is 9.90 Å². The van der Waals surface area contributed by atoms with E-state index in [0.717, 1.165) is 12.8 Å². The van der Waals surface area contributed by atoms with Crippen LogP contribution in [-0.2, 0) is 0 Å². The number of rotatable bonds is 3. The van der Waals surface area contributed by atoms with Crippen molar-refractivity contribution in [3.63, 3.8) is 0 Å². The van der Waals surface area contributed by atoms with Crippen LogP contribution in [0, 0.1) is 0 Å². The topological polar surface area (TPSA) is 59.0 Å². The van der Waals surface area contributed by atoms with Gasteiger partial charge in [-0.2, -0.15) is 0 Å². The largest absolute Gasteiger partial charge is 0.496 e. The summed E-state index contributed by atoms with van der Waals surface area (Å²) in [7, 11) is 3.05. The smallest absolute Gasteiger partial charge is 0.261 e. The molecule has 5 nitrogen and oxygen atoms in total. The standard InChI is InChI=1S/C14H19NO4/c1-18-11-6-3-7-12(19-2)13(11)14(17)15-8-4-5-10(16)9-15/h3,6-7,10,16H,4-5,8-9H2,1-2H3. The number of likely N-dealkylation sites (tertiary alicyclic amines) is 1. The summed E-state index contributed by atoms with van der Waals surface area (Å²) in [4.78, 5) is 14.2. The minimum absolute atomic E-state index is 0.159. The average Bonchev–Trinajstić information content (AvgIpc) is 2.45. The van der Waals surface area contributed by atoms with Gasteiger partial charge in [0.1, 0.15) is 17.1 Å². The first-order valence-electron chi connectivity index (χ1n) is 6.35. The van der Waals surface area contributed by atoms with Crippen LogP contribution in [0.15, 0.2) is 18.2 Å². The number of hydrogen-bond acceptors (Lipinski definition) is 4. The second-order valence-electron chi connectivity index (χ2n) is 4.58. The fourth-order valence-corrected chi connectivity index (χ4v) is 2.36. The average molecular weight is 265 g/mol. The van der Waals surface area contributed by atoms with Gasteiger partial charge in [-0.05, 0) is 25.0 Å². The zero-order valence-corrected chi connectivity index (χ0v) is 11.3. The molecule has 1 aliphatic heterocycles. The highest BCUT2D eigenvalue weighted by Gasteiger charge is 2.27. The number of hydrogen-bond donors (Lipinski definition) is 1. The number of aliphatic hydroxyl groups is 1. The number of piperidine rings is 1. The minimum Gasteiger partial charge on any atom is -0.496 e. The third kappa shape index (κ3) is 2.81. The van der Waals surface area contributed by atoms with Gasteiger partial charge in [0, 0.05) is 13.1 Å². The number of amides is 1. The van der Waals surface area contributed by atoms with Gasteiger partial charge in [0.2, 0.25) is 0 Å². The molecule has 1 aromatic rings. The first-order chi connectivity index (χ1) is 9.17. The number of methoxy groups -OCH3 is 2. The van der Waals surface area contributed by atoms with Gasteiger partial charge in [-0.25, -0.2) is 0 Å². The lowest BCUT2D eigenvalue weighted by molar-refractivity contribution is 0.0468. The minimum atomic E-state index is -0.446. The fourth-order valence-electron chi connectivity index (χ4n) is 2.36. The second-order valence-corrected chi connectivity index (χ2v) is 4.58. The highest BCUT2D eigenvalue weighted by Crippen LogP contribution is 2.30. The van der Waals surface area contributed by atoms with E-state index < -0.39 is 6.10 Å². The molecule has 1 fully saturated rings. The van der Waals surface area contributed by atoms with Crippen molar-refractivity contribution in [1.82, 2.24) is 4.90 Å². The number of ether oxygens (including phenoxy) is 2. The Morgan fingerprint density at radius 3 is 2.47 bits per heavy atom. The Balaban J connectivity index is 2.31. The predicted molar refractivity (Wildman–Crippen MR) is 70.7 cm³/mol. The molecule has 0 bridgehead atoms. The van der Waals surface area contributed by atoms with Gasteiger partial charge in [-0.1, -0.05) is 6.07 Å². The molecule has 1 amide bonds. The fraction of sp³-hybridized carbons (Fsp3) is 0.500. The Hall–Kier alpha value is -1.75. The van der Waals surface area contributed by atoms with E-state index in [2.05, 4.69) is 0 Å². The lowest BCUT2D eigenvalue weighted by atomic mass is 10.1. The zero-order chi connectivity index (χ0) is 13.8. The van der Waals surface area contributed by atoms with E-state index in [0.29, 0.717) is 30.2 Å². The molecule has 2 rings (SSSR count). The van der Waals surface area contributed by atoms with E-state index in [4.69, 9.17) is 9.47 Å². The van der Waals surface area contributed by atoms with Crippen LogP contribution in [0.4, 0.5) is 0 Å². The van der Waals surface area contributed by atoms with E-state index in [1.807, 2.05) is 0 Å². The van der Waals surface area contributed by atoms with Crippen LogP contribution in [0.25, 0.3) is 0 Å². The van der Waals surface area contributed by atoms with Crippen molar-refractivity contribution in [2.45, 2.75) is 18.9 Å². The van der Waals surface area contributed by atoms with Crippen molar-refractivity contribution in [2.24, 2.45) is 0 Å². The maximum atomic E-state index is 12.6. The van der Waals surface area contributed by atoms with E-state index in [1.54, 1.807) is 23.1 Å². The van der Waals surface area contributed by atoms with E-state index in [1.165, 1.54) is 14.2 Å². The van der Waals surface area contributed by atoms with E-state index >= 15 is 0 Å². The number of β-amino-alcohol motifs (C(OH)–C–C–N with tert-alkyl or cyclic N) is 1. The molecule has 1 N–H and O–H groups in total. The highest BCUT2D eigenvalue weighted by molar-refractivity contribution is 5.99. The van der Waals surface area contributed by atoms with Gasteiger partial charge < -0.3 is 19.5 Å². The normalized spacial score (nSPS) is 19.1. The number of nitrogens with zero attached hydrogens (tertiary/aromatic N) is 1. The monoisotopic (exact) mass is 265 g/mol. The molecule has 5 heteroatoms. The van der Waals surface area contributed by atoms with Crippen molar-refractivity contribution in [3.8, 4) is 11.5 Å². The molecular formula is C14H19NO4. The van der Waals surface area contributed by atoms with Crippen LogP contribution in [0.2, 0.25) is 0 Å². The van der Waals surface area contributed by atoms with Crippen molar-refractivity contribution in [1.29, 1.82) is 0 Å². The lowest BCUT2D eigenvalue weighted by Crippen LogP contribution is -2.42. The van der Waals surface area contributed by atoms with Gasteiger partial charge >= 0.3 is 0 Å². The summed E-state index contributed by atoms with van der Waals surface area (Å²) in [6.45, 7) is 1.01. The van der Waals surface area contributed by atoms with Gasteiger partial charge in [0.15, 0.2) is 0 Å². The first kappa shape index (κ1) is 13.7. The number of benzene rings is 1. The third-order valence-electron chi connectivity index (χ3n) is 3.33. The van der Waals surface area contributed by atoms with Crippen LogP contribution in [0.5, 0.6) is 11.5 Å². The summed E-state index contributed by atoms with van der Waals surface area (Å²) in [5, 5.41) is 9.67. The molecule has 0 spiro atoms. The van der Waals surface area contributed by atoms with Crippen molar-refractivity contribution in [3.05, 3.63) is 23.8 Å². The molecule has 1 aromatic carbocycles. The molecular weight excluding hydrogens is 246 g/mol. The Bertz CT molecular complexity index is 439. The molecule has 1 aliphatic rings. The molecule has 0 aromatic heterocycles. The van der Waals surface area contributed by atoms with E-state index in [-0.39, 0.29) is 5.91 Å². The Kier molecular flexibility index (Phi) is 4.27. The molecule has 1 heterocycles. The summed E-state index contributed by atoms with van der Waals surface area (Å²) in [6.07, 6.45) is 1.11. The van der Waals surface area contributed by atoms with Crippen LogP contribution in [0.1, 0.15) is 23.2 Å². The Labute approximate surface area is 112 Å². The highest BCUT2D eigenvalue weighted by atomic mass is 16.5. The van der Waals surface area contributed by atoms with Crippen LogP contribution in [0.3, 0.4) is 0 Å². The molecule has 19 heavy (non-hydrogen) atoms. The SMILES string of the molecule is COc1cccc(OC)c1C(=O)N1CCCC(O)C1. The first-order valence-corrected chi connectivity index (χ1v) is 6.35. The third-order valence-corrected chi connectivity index (χ3v) is 3.33. The maximum absolute atomic E-state index is 12.6. The second kappa shape index (κ2) is 5.93. The van der Waals surface area contributed by atoms with Gasteiger partial charge in [0.25, 0.3) is 5.91 Å². The van der Waals surface area contributed by atoms with Gasteiger partial charge in [-0.3, -0.25) is 4.79 Å². The molecule has 0 saturated carbocycles. The summed E-state index contributed by atoms with van der Waals surface area (Å²) < 4.78 is 10.5. The molecule has 1 unspecified atom stereocenters. The number of carbonyl (C=O) groups excluding carboxylic acids is 1. The number of aliphatic hydroxyl groups excluding tert-OH is 1. The molecule has 104 valence electrons.